The van der Waals surface area contributed by atoms with E-state index in [0.717, 1.165) is 46.3 Å². The zero-order valence-electron chi connectivity index (χ0n) is 28.2. The number of aryl methyl sites for hydroxylation is 2. The summed E-state index contributed by atoms with van der Waals surface area (Å²) in [4.78, 5) is 36.1. The average Bonchev–Trinajstić information content (AvgIpc) is 3.63. The Hall–Kier alpha value is -5.70. The predicted molar refractivity (Wildman–Crippen MR) is 180 cm³/mol. The van der Waals surface area contributed by atoms with Gasteiger partial charge >= 0.3 is 12.5 Å². The Kier molecular flexibility index (Phi) is 8.77. The lowest BCUT2D eigenvalue weighted by Crippen LogP contribution is -2.48. The SMILES string of the molecule is Cc1c(Oc2ccc(N(C)C(=O)c3ccc(C(F)(F)F)cc3)cn2)ccc2c1cc(C(=O)N1CCN(Cc3ccc4c(c3)OC(F)(F)O4)CC1)n2C. The van der Waals surface area contributed by atoms with Gasteiger partial charge in [0, 0.05) is 74.9 Å². The van der Waals surface area contributed by atoms with Gasteiger partial charge in [0.2, 0.25) is 5.88 Å². The van der Waals surface area contributed by atoms with Crippen LogP contribution in [0.2, 0.25) is 0 Å². The maximum atomic E-state index is 13.7. The van der Waals surface area contributed by atoms with Gasteiger partial charge in [0.25, 0.3) is 11.8 Å². The number of aromatic nitrogens is 2. The van der Waals surface area contributed by atoms with Crippen LogP contribution in [0.4, 0.5) is 27.6 Å². The molecule has 2 aliphatic rings. The van der Waals surface area contributed by atoms with E-state index < -0.39 is 23.9 Å². The first-order valence-corrected chi connectivity index (χ1v) is 16.3. The van der Waals surface area contributed by atoms with Gasteiger partial charge in [-0.05, 0) is 73.2 Å². The van der Waals surface area contributed by atoms with E-state index in [1.54, 1.807) is 35.2 Å². The number of fused-ring (bicyclic) bond motifs is 2. The molecule has 0 atom stereocenters. The molecule has 5 aromatic rings. The van der Waals surface area contributed by atoms with Crippen LogP contribution < -0.4 is 19.1 Å². The summed E-state index contributed by atoms with van der Waals surface area (Å²) in [5, 5.41) is 0.828. The predicted octanol–water partition coefficient (Wildman–Crippen LogP) is 7.25. The number of amides is 2. The number of hydrogen-bond donors (Lipinski definition) is 0. The second-order valence-corrected chi connectivity index (χ2v) is 12.6. The maximum Gasteiger partial charge on any atom is 0.586 e. The quantitative estimate of drug-likeness (QED) is 0.164. The number of nitrogens with zero attached hydrogens (tertiary/aromatic N) is 5. The second-order valence-electron chi connectivity index (χ2n) is 12.6. The third kappa shape index (κ3) is 6.83. The number of rotatable bonds is 7. The van der Waals surface area contributed by atoms with Crippen molar-refractivity contribution in [3.8, 4) is 23.1 Å². The van der Waals surface area contributed by atoms with Gasteiger partial charge in [-0.25, -0.2) is 4.98 Å². The molecule has 0 N–H and O–H groups in total. The fourth-order valence-electron chi connectivity index (χ4n) is 6.33. The van der Waals surface area contributed by atoms with Crippen LogP contribution in [0.5, 0.6) is 23.1 Å². The molecule has 3 aromatic carbocycles. The first-order valence-electron chi connectivity index (χ1n) is 16.3. The monoisotopic (exact) mass is 721 g/mol. The zero-order chi connectivity index (χ0) is 36.9. The van der Waals surface area contributed by atoms with Crippen molar-refractivity contribution in [3.05, 3.63) is 107 Å². The zero-order valence-corrected chi connectivity index (χ0v) is 28.2. The highest BCUT2D eigenvalue weighted by Crippen LogP contribution is 2.41. The summed E-state index contributed by atoms with van der Waals surface area (Å²) in [5.74, 6) is 0.166. The molecule has 10 nitrogen and oxygen atoms in total. The lowest BCUT2D eigenvalue weighted by Gasteiger charge is -2.34. The average molecular weight is 722 g/mol. The molecule has 7 rings (SSSR count). The summed E-state index contributed by atoms with van der Waals surface area (Å²) in [6, 6.07) is 17.4. The molecule has 0 unspecified atom stereocenters. The lowest BCUT2D eigenvalue weighted by atomic mass is 10.1. The third-order valence-electron chi connectivity index (χ3n) is 9.28. The molecular formula is C37H32F5N5O5. The molecule has 270 valence electrons. The normalized spacial score (nSPS) is 15.6. The van der Waals surface area contributed by atoms with Gasteiger partial charge < -0.3 is 28.6 Å². The van der Waals surface area contributed by atoms with Crippen LogP contribution in [0, 0.1) is 6.92 Å². The smallest absolute Gasteiger partial charge is 0.439 e. The number of benzene rings is 3. The van der Waals surface area contributed by atoms with Crippen LogP contribution in [0.25, 0.3) is 10.9 Å². The number of alkyl halides is 5. The van der Waals surface area contributed by atoms with Crippen molar-refractivity contribution < 1.29 is 45.8 Å². The Balaban J connectivity index is 0.983. The van der Waals surface area contributed by atoms with E-state index in [-0.39, 0.29) is 28.8 Å². The highest BCUT2D eigenvalue weighted by atomic mass is 19.4. The Bertz CT molecular complexity index is 2160. The van der Waals surface area contributed by atoms with Crippen molar-refractivity contribution in [2.24, 2.45) is 7.05 Å². The number of carbonyl (C=O) groups excluding carboxylic acids is 2. The van der Waals surface area contributed by atoms with Crippen LogP contribution in [0.3, 0.4) is 0 Å². The summed E-state index contributed by atoms with van der Waals surface area (Å²) < 4.78 is 82.5. The molecule has 0 aliphatic carbocycles. The Morgan fingerprint density at radius 3 is 2.31 bits per heavy atom. The van der Waals surface area contributed by atoms with Gasteiger partial charge in [0.05, 0.1) is 17.4 Å². The number of halogens is 5. The standard InChI is InChI=1S/C37H32F5N5O5/c1-22-27-19-29(35(49)47-16-14-46(15-17-47)21-23-4-11-31-32(18-23)52-37(41,42)51-31)45(3)28(27)10-12-30(22)50-33-13-9-26(20-43-33)44(2)34(48)24-5-7-25(8-6-24)36(38,39)40/h4-13,18-20H,14-17,21H2,1-3H3. The molecule has 0 bridgehead atoms. The van der Waals surface area contributed by atoms with Crippen LogP contribution in [0.15, 0.2) is 79.0 Å². The van der Waals surface area contributed by atoms with Crippen LogP contribution in [0.1, 0.15) is 37.5 Å². The summed E-state index contributed by atoms with van der Waals surface area (Å²) in [6.07, 6.45) is -6.73. The first-order chi connectivity index (χ1) is 24.7. The summed E-state index contributed by atoms with van der Waals surface area (Å²) in [6.45, 7) is 4.57. The largest absolute Gasteiger partial charge is 0.586 e. The van der Waals surface area contributed by atoms with E-state index in [0.29, 0.717) is 49.9 Å². The Labute approximate surface area is 294 Å². The summed E-state index contributed by atoms with van der Waals surface area (Å²) in [7, 11) is 3.33. The number of carbonyl (C=O) groups is 2. The van der Waals surface area contributed by atoms with Crippen molar-refractivity contribution in [2.75, 3.05) is 38.1 Å². The number of piperazine rings is 1. The molecule has 1 fully saturated rings. The highest BCUT2D eigenvalue weighted by Gasteiger charge is 2.43. The topological polar surface area (TPSA) is 89.4 Å². The van der Waals surface area contributed by atoms with Crippen LogP contribution in [-0.2, 0) is 19.8 Å². The molecule has 2 amide bonds. The van der Waals surface area contributed by atoms with Gasteiger partial charge in [-0.1, -0.05) is 6.07 Å². The third-order valence-corrected chi connectivity index (χ3v) is 9.28. The van der Waals surface area contributed by atoms with Gasteiger partial charge in [-0.15, -0.1) is 8.78 Å². The van der Waals surface area contributed by atoms with Crippen molar-refractivity contribution in [2.45, 2.75) is 25.9 Å². The molecule has 15 heteroatoms. The van der Waals surface area contributed by atoms with E-state index in [1.165, 1.54) is 24.2 Å². The minimum atomic E-state index is -4.50. The first kappa shape index (κ1) is 34.7. The molecule has 2 aromatic heterocycles. The molecule has 2 aliphatic heterocycles. The molecule has 4 heterocycles. The van der Waals surface area contributed by atoms with E-state index in [2.05, 4.69) is 19.4 Å². The fraction of sp³-hybridized carbons (Fsp3) is 0.270. The fourth-order valence-corrected chi connectivity index (χ4v) is 6.33. The van der Waals surface area contributed by atoms with Crippen molar-refractivity contribution >= 4 is 28.4 Å². The molecule has 0 radical (unpaired) electrons. The van der Waals surface area contributed by atoms with Crippen molar-refractivity contribution in [1.82, 2.24) is 19.4 Å². The minimum absolute atomic E-state index is 0.000246. The van der Waals surface area contributed by atoms with E-state index >= 15 is 0 Å². The van der Waals surface area contributed by atoms with E-state index in [1.807, 2.05) is 30.7 Å². The van der Waals surface area contributed by atoms with Crippen LogP contribution >= 0.6 is 0 Å². The Morgan fingerprint density at radius 2 is 1.63 bits per heavy atom. The lowest BCUT2D eigenvalue weighted by molar-refractivity contribution is -0.286. The van der Waals surface area contributed by atoms with Crippen LogP contribution in [-0.4, -0.2) is 70.7 Å². The summed E-state index contributed by atoms with van der Waals surface area (Å²) >= 11 is 0. The number of pyridine rings is 1. The summed E-state index contributed by atoms with van der Waals surface area (Å²) in [5.41, 5.74) is 2.62. The van der Waals surface area contributed by atoms with Crippen molar-refractivity contribution in [3.63, 3.8) is 0 Å². The minimum Gasteiger partial charge on any atom is -0.439 e. The molecule has 52 heavy (non-hydrogen) atoms. The Morgan fingerprint density at radius 1 is 0.923 bits per heavy atom. The highest BCUT2D eigenvalue weighted by molar-refractivity contribution is 6.05. The van der Waals surface area contributed by atoms with Crippen molar-refractivity contribution in [1.29, 1.82) is 0 Å². The maximum absolute atomic E-state index is 13.7. The number of anilines is 1. The molecule has 0 saturated carbocycles. The number of hydrogen-bond acceptors (Lipinski definition) is 7. The second kappa shape index (κ2) is 13.1. The molecule has 1 saturated heterocycles. The van der Waals surface area contributed by atoms with Gasteiger partial charge in [-0.2, -0.15) is 13.2 Å². The van der Waals surface area contributed by atoms with Gasteiger partial charge in [0.15, 0.2) is 11.5 Å². The van der Waals surface area contributed by atoms with Gasteiger partial charge in [0.1, 0.15) is 11.4 Å². The molecular weight excluding hydrogens is 689 g/mol. The van der Waals surface area contributed by atoms with Gasteiger partial charge in [-0.3, -0.25) is 14.5 Å². The van der Waals surface area contributed by atoms with E-state index in [4.69, 9.17) is 4.74 Å². The van der Waals surface area contributed by atoms with E-state index in [9.17, 15) is 31.5 Å². The molecule has 0 spiro atoms. The number of ether oxygens (including phenoxy) is 3.